The summed E-state index contributed by atoms with van der Waals surface area (Å²) in [6.07, 6.45) is 29.1. The third-order valence-corrected chi connectivity index (χ3v) is 6.77. The van der Waals surface area contributed by atoms with Crippen molar-refractivity contribution >= 4 is 0 Å². The van der Waals surface area contributed by atoms with Crippen molar-refractivity contribution in [2.24, 2.45) is 17.8 Å². The summed E-state index contributed by atoms with van der Waals surface area (Å²) in [5.41, 5.74) is 0. The van der Waals surface area contributed by atoms with Gasteiger partial charge in [0.05, 0.1) is 12.7 Å². The smallest absolute Gasteiger partial charge is 0.0651 e. The van der Waals surface area contributed by atoms with Gasteiger partial charge in [-0.1, -0.05) is 76.2 Å². The maximum absolute atomic E-state index is 6.03. The molecule has 0 aromatic heterocycles. The van der Waals surface area contributed by atoms with Gasteiger partial charge >= 0.3 is 0 Å². The standard InChI is InChI=1S/C25H44O/c1-3-5-7-9-21-26-25-19-17-24(18-20-25)16-15-23-13-11-22(12-14-23)10-8-6-4-2/h4,6-7,9,22-25H,3,5,8,10-21H2,1-2H3/b6-4+,9-7+. The van der Waals surface area contributed by atoms with Gasteiger partial charge in [-0.15, -0.1) is 0 Å². The highest BCUT2D eigenvalue weighted by molar-refractivity contribution is 4.83. The van der Waals surface area contributed by atoms with E-state index >= 15 is 0 Å². The molecule has 2 aliphatic carbocycles. The minimum atomic E-state index is 0.533. The molecule has 0 saturated heterocycles. The fourth-order valence-corrected chi connectivity index (χ4v) is 4.91. The molecular weight excluding hydrogens is 316 g/mol. The van der Waals surface area contributed by atoms with Gasteiger partial charge in [0.2, 0.25) is 0 Å². The van der Waals surface area contributed by atoms with Crippen molar-refractivity contribution in [2.45, 2.75) is 110 Å². The third-order valence-electron chi connectivity index (χ3n) is 6.77. The lowest BCUT2D eigenvalue weighted by Crippen LogP contribution is -2.22. The minimum absolute atomic E-state index is 0.533. The van der Waals surface area contributed by atoms with Gasteiger partial charge in [0, 0.05) is 0 Å². The van der Waals surface area contributed by atoms with Crippen LogP contribution >= 0.6 is 0 Å². The number of rotatable bonds is 11. The summed E-state index contributed by atoms with van der Waals surface area (Å²) < 4.78 is 6.03. The van der Waals surface area contributed by atoms with Crippen LogP contribution in [0.3, 0.4) is 0 Å². The van der Waals surface area contributed by atoms with Crippen molar-refractivity contribution in [1.29, 1.82) is 0 Å². The van der Waals surface area contributed by atoms with Crippen LogP contribution in [0, 0.1) is 17.8 Å². The van der Waals surface area contributed by atoms with E-state index in [0.717, 1.165) is 24.4 Å². The van der Waals surface area contributed by atoms with Gasteiger partial charge < -0.3 is 4.74 Å². The predicted molar refractivity (Wildman–Crippen MR) is 114 cm³/mol. The summed E-state index contributed by atoms with van der Waals surface area (Å²) in [7, 11) is 0. The average Bonchev–Trinajstić information content (AvgIpc) is 2.68. The lowest BCUT2D eigenvalue weighted by Gasteiger charge is -2.32. The third kappa shape index (κ3) is 8.89. The monoisotopic (exact) mass is 360 g/mol. The van der Waals surface area contributed by atoms with Gasteiger partial charge in [-0.25, -0.2) is 0 Å². The molecule has 0 unspecified atom stereocenters. The zero-order chi connectivity index (χ0) is 18.5. The van der Waals surface area contributed by atoms with Gasteiger partial charge in [0.25, 0.3) is 0 Å². The summed E-state index contributed by atoms with van der Waals surface area (Å²) in [5, 5.41) is 0. The SMILES string of the molecule is C/C=C/CCC1CCC(CCC2CCC(OC/C=C/CCC)CC2)CC1. The van der Waals surface area contributed by atoms with Crippen LogP contribution in [0.1, 0.15) is 104 Å². The topological polar surface area (TPSA) is 9.23 Å². The normalized spacial score (nSPS) is 30.4. The Bertz CT molecular complexity index is 381. The molecule has 0 aromatic carbocycles. The molecule has 150 valence electrons. The van der Waals surface area contributed by atoms with Gasteiger partial charge in [-0.2, -0.15) is 0 Å². The molecule has 2 aliphatic rings. The molecule has 0 N–H and O–H groups in total. The summed E-state index contributed by atoms with van der Waals surface area (Å²) in [6, 6.07) is 0. The van der Waals surface area contributed by atoms with Crippen molar-refractivity contribution < 1.29 is 4.74 Å². The number of ether oxygens (including phenoxy) is 1. The quantitative estimate of drug-likeness (QED) is 0.341. The highest BCUT2D eigenvalue weighted by atomic mass is 16.5. The summed E-state index contributed by atoms with van der Waals surface area (Å²) >= 11 is 0. The molecule has 1 heteroatoms. The second kappa shape index (κ2) is 13.6. The van der Waals surface area contributed by atoms with E-state index in [1.807, 2.05) is 0 Å². The van der Waals surface area contributed by atoms with Crippen molar-refractivity contribution in [1.82, 2.24) is 0 Å². The average molecular weight is 361 g/mol. The van der Waals surface area contributed by atoms with Crippen LogP contribution in [-0.4, -0.2) is 12.7 Å². The van der Waals surface area contributed by atoms with Crippen LogP contribution in [0.15, 0.2) is 24.3 Å². The van der Waals surface area contributed by atoms with Crippen molar-refractivity contribution in [2.75, 3.05) is 6.61 Å². The molecule has 0 aromatic rings. The van der Waals surface area contributed by atoms with E-state index in [-0.39, 0.29) is 0 Å². The Morgan fingerprint density at radius 1 is 0.692 bits per heavy atom. The Morgan fingerprint density at radius 3 is 1.85 bits per heavy atom. The maximum Gasteiger partial charge on any atom is 0.0651 e. The first-order valence-corrected chi connectivity index (χ1v) is 11.7. The first-order valence-electron chi connectivity index (χ1n) is 11.7. The Kier molecular flexibility index (Phi) is 11.4. The lowest BCUT2D eigenvalue weighted by atomic mass is 9.76. The highest BCUT2D eigenvalue weighted by Gasteiger charge is 2.24. The van der Waals surface area contributed by atoms with Crippen LogP contribution in [0.2, 0.25) is 0 Å². The molecule has 1 nitrogen and oxygen atoms in total. The second-order valence-electron chi connectivity index (χ2n) is 8.85. The molecule has 2 rings (SSSR count). The van der Waals surface area contributed by atoms with Crippen LogP contribution in [0.25, 0.3) is 0 Å². The van der Waals surface area contributed by atoms with Gasteiger partial charge in [0.15, 0.2) is 0 Å². The largest absolute Gasteiger partial charge is 0.374 e. The molecule has 0 radical (unpaired) electrons. The Hall–Kier alpha value is -0.560. The van der Waals surface area contributed by atoms with Gasteiger partial charge in [0.1, 0.15) is 0 Å². The van der Waals surface area contributed by atoms with Crippen LogP contribution < -0.4 is 0 Å². The number of hydrogen-bond acceptors (Lipinski definition) is 1. The predicted octanol–water partition coefficient (Wildman–Crippen LogP) is 7.86. The maximum atomic E-state index is 6.03. The molecule has 0 aliphatic heterocycles. The van der Waals surface area contributed by atoms with Crippen LogP contribution in [0.4, 0.5) is 0 Å². The molecule has 0 spiro atoms. The number of allylic oxidation sites excluding steroid dienone is 3. The first-order chi connectivity index (χ1) is 12.8. The van der Waals surface area contributed by atoms with E-state index in [9.17, 15) is 0 Å². The zero-order valence-electron chi connectivity index (χ0n) is 17.6. The molecule has 0 heterocycles. The molecule has 0 bridgehead atoms. The fourth-order valence-electron chi connectivity index (χ4n) is 4.91. The molecule has 2 saturated carbocycles. The van der Waals surface area contributed by atoms with E-state index in [0.29, 0.717) is 6.10 Å². The van der Waals surface area contributed by atoms with Crippen LogP contribution in [-0.2, 0) is 4.74 Å². The summed E-state index contributed by atoms with van der Waals surface area (Å²) in [4.78, 5) is 0. The molecule has 0 amide bonds. The van der Waals surface area contributed by atoms with Crippen molar-refractivity contribution in [3.8, 4) is 0 Å². The molecule has 0 atom stereocenters. The first kappa shape index (κ1) is 21.7. The Morgan fingerprint density at radius 2 is 1.27 bits per heavy atom. The van der Waals surface area contributed by atoms with E-state index in [1.54, 1.807) is 0 Å². The minimum Gasteiger partial charge on any atom is -0.374 e. The lowest BCUT2D eigenvalue weighted by molar-refractivity contribution is 0.0324. The van der Waals surface area contributed by atoms with Crippen molar-refractivity contribution in [3.05, 3.63) is 24.3 Å². The van der Waals surface area contributed by atoms with E-state index < -0.39 is 0 Å². The summed E-state index contributed by atoms with van der Waals surface area (Å²) in [6.45, 7) is 5.19. The van der Waals surface area contributed by atoms with E-state index in [1.165, 1.54) is 89.9 Å². The second-order valence-corrected chi connectivity index (χ2v) is 8.85. The number of unbranched alkanes of at least 4 members (excludes halogenated alkanes) is 1. The fraction of sp³-hybridized carbons (Fsp3) is 0.840. The molecule has 26 heavy (non-hydrogen) atoms. The Labute approximate surface area is 163 Å². The Balaban J connectivity index is 1.50. The van der Waals surface area contributed by atoms with Crippen molar-refractivity contribution in [3.63, 3.8) is 0 Å². The van der Waals surface area contributed by atoms with Gasteiger partial charge in [-0.3, -0.25) is 0 Å². The van der Waals surface area contributed by atoms with Crippen LogP contribution in [0.5, 0.6) is 0 Å². The molecular formula is C25H44O. The molecule has 2 fully saturated rings. The summed E-state index contributed by atoms with van der Waals surface area (Å²) in [5.74, 6) is 3.03. The van der Waals surface area contributed by atoms with E-state index in [4.69, 9.17) is 4.74 Å². The van der Waals surface area contributed by atoms with E-state index in [2.05, 4.69) is 38.2 Å². The zero-order valence-corrected chi connectivity index (χ0v) is 17.6. The highest BCUT2D eigenvalue weighted by Crippen LogP contribution is 2.37. The number of hydrogen-bond donors (Lipinski definition) is 0. The van der Waals surface area contributed by atoms with Gasteiger partial charge in [-0.05, 0) is 69.6 Å².